The number of aryl methyl sites for hydroxylation is 1. The van der Waals surface area contributed by atoms with Gasteiger partial charge in [0.05, 0.1) is 0 Å². The van der Waals surface area contributed by atoms with E-state index in [0.717, 1.165) is 26.0 Å². The van der Waals surface area contributed by atoms with Crippen molar-refractivity contribution in [1.29, 1.82) is 0 Å². The molecule has 0 heterocycles. The minimum Gasteiger partial charge on any atom is -0.385 e. The summed E-state index contributed by atoms with van der Waals surface area (Å²) in [6, 6.07) is 9.13. The van der Waals surface area contributed by atoms with E-state index >= 15 is 0 Å². The summed E-state index contributed by atoms with van der Waals surface area (Å²) < 4.78 is 5.07. The highest BCUT2D eigenvalue weighted by atomic mass is 16.5. The first-order chi connectivity index (χ1) is 7.77. The molecule has 0 aliphatic carbocycles. The van der Waals surface area contributed by atoms with Crippen LogP contribution in [0, 0.1) is 0 Å². The van der Waals surface area contributed by atoms with E-state index in [4.69, 9.17) is 4.74 Å². The quantitative estimate of drug-likeness (QED) is 0.764. The highest BCUT2D eigenvalue weighted by Gasteiger charge is 2.03. The van der Waals surface area contributed by atoms with Gasteiger partial charge in [-0.1, -0.05) is 31.2 Å². The molecule has 1 aromatic carbocycles. The molecule has 2 heteroatoms. The highest BCUT2D eigenvalue weighted by molar-refractivity contribution is 5.26. The number of methoxy groups -OCH3 is 1. The number of hydrogen-bond acceptors (Lipinski definition) is 2. The maximum Gasteiger partial charge on any atom is 0.0476 e. The van der Waals surface area contributed by atoms with Crippen LogP contribution in [-0.4, -0.2) is 19.8 Å². The fourth-order valence-electron chi connectivity index (χ4n) is 1.76. The Hall–Kier alpha value is -0.860. The molecule has 0 bridgehead atoms. The first kappa shape index (κ1) is 13.2. The Kier molecular flexibility index (Phi) is 6.12. The topological polar surface area (TPSA) is 21.3 Å². The normalized spacial score (nSPS) is 12.7. The van der Waals surface area contributed by atoms with Gasteiger partial charge in [0, 0.05) is 26.3 Å². The van der Waals surface area contributed by atoms with Crippen molar-refractivity contribution in [3.05, 3.63) is 35.4 Å². The summed E-state index contributed by atoms with van der Waals surface area (Å²) in [4.78, 5) is 0. The predicted octanol–water partition coefficient (Wildman–Crippen LogP) is 2.76. The van der Waals surface area contributed by atoms with Crippen molar-refractivity contribution >= 4 is 0 Å². The molecule has 16 heavy (non-hydrogen) atoms. The van der Waals surface area contributed by atoms with Crippen molar-refractivity contribution in [2.24, 2.45) is 0 Å². The molecule has 0 aliphatic rings. The Morgan fingerprint density at radius 3 is 2.56 bits per heavy atom. The van der Waals surface area contributed by atoms with E-state index in [-0.39, 0.29) is 0 Å². The summed E-state index contributed by atoms with van der Waals surface area (Å²) in [5.74, 6) is 0. The lowest BCUT2D eigenvalue weighted by Gasteiger charge is -2.15. The maximum absolute atomic E-state index is 5.07. The molecule has 1 aromatic rings. The third-order valence-electron chi connectivity index (χ3n) is 2.90. The molecule has 0 aliphatic heterocycles. The van der Waals surface area contributed by atoms with Crippen molar-refractivity contribution in [2.75, 3.05) is 13.7 Å². The van der Waals surface area contributed by atoms with Gasteiger partial charge in [-0.25, -0.2) is 0 Å². The molecule has 1 unspecified atom stereocenters. The van der Waals surface area contributed by atoms with Crippen LogP contribution in [-0.2, 0) is 17.7 Å². The van der Waals surface area contributed by atoms with Crippen LogP contribution >= 0.6 is 0 Å². The number of benzene rings is 1. The van der Waals surface area contributed by atoms with Crippen LogP contribution in [0.2, 0.25) is 0 Å². The molecule has 90 valence electrons. The van der Waals surface area contributed by atoms with Crippen LogP contribution in [0.5, 0.6) is 0 Å². The van der Waals surface area contributed by atoms with Crippen molar-refractivity contribution in [2.45, 2.75) is 39.3 Å². The van der Waals surface area contributed by atoms with Crippen LogP contribution in [0.3, 0.4) is 0 Å². The van der Waals surface area contributed by atoms with Crippen LogP contribution in [0.4, 0.5) is 0 Å². The third kappa shape index (κ3) is 4.33. The molecule has 1 atom stereocenters. The zero-order chi connectivity index (χ0) is 11.8. The van der Waals surface area contributed by atoms with Crippen LogP contribution in [0.15, 0.2) is 24.3 Å². The number of nitrogens with one attached hydrogen (secondary N) is 1. The highest BCUT2D eigenvalue weighted by Crippen LogP contribution is 2.09. The van der Waals surface area contributed by atoms with Gasteiger partial charge in [0.2, 0.25) is 0 Å². The summed E-state index contributed by atoms with van der Waals surface area (Å²) in [6.07, 6.45) is 2.16. The fraction of sp³-hybridized carbons (Fsp3) is 0.571. The molecule has 0 saturated heterocycles. The molecule has 1 rings (SSSR count). The second-order valence-electron chi connectivity index (χ2n) is 4.19. The largest absolute Gasteiger partial charge is 0.385 e. The predicted molar refractivity (Wildman–Crippen MR) is 68.6 cm³/mol. The maximum atomic E-state index is 5.07. The summed E-state index contributed by atoms with van der Waals surface area (Å²) >= 11 is 0. The van der Waals surface area contributed by atoms with Crippen LogP contribution in [0.1, 0.15) is 31.4 Å². The van der Waals surface area contributed by atoms with E-state index < -0.39 is 0 Å². The zero-order valence-corrected chi connectivity index (χ0v) is 10.6. The summed E-state index contributed by atoms with van der Waals surface area (Å²) in [5, 5.41) is 3.53. The number of rotatable bonds is 7. The van der Waals surface area contributed by atoms with Gasteiger partial charge in [-0.15, -0.1) is 0 Å². The molecular weight excluding hydrogens is 198 g/mol. The smallest absolute Gasteiger partial charge is 0.0476 e. The average molecular weight is 221 g/mol. The van der Waals surface area contributed by atoms with Gasteiger partial charge >= 0.3 is 0 Å². The summed E-state index contributed by atoms with van der Waals surface area (Å²) in [7, 11) is 1.75. The Balaban J connectivity index is 2.41. The minimum atomic E-state index is 0.505. The van der Waals surface area contributed by atoms with Gasteiger partial charge in [0.25, 0.3) is 0 Å². The molecular formula is C14H23NO. The third-order valence-corrected chi connectivity index (χ3v) is 2.90. The lowest BCUT2D eigenvalue weighted by atomic mass is 10.1. The molecule has 0 radical (unpaired) electrons. The SMILES string of the molecule is CCc1ccccc1CNC(C)CCOC. The summed E-state index contributed by atoms with van der Waals surface area (Å²) in [5.41, 5.74) is 2.85. The molecule has 0 saturated carbocycles. The van der Waals surface area contributed by atoms with Gasteiger partial charge in [-0.3, -0.25) is 0 Å². The Bertz CT molecular complexity index is 299. The van der Waals surface area contributed by atoms with Gasteiger partial charge in [0.15, 0.2) is 0 Å². The van der Waals surface area contributed by atoms with Gasteiger partial charge in [-0.05, 0) is 30.9 Å². The van der Waals surface area contributed by atoms with E-state index in [1.165, 1.54) is 11.1 Å². The van der Waals surface area contributed by atoms with Gasteiger partial charge < -0.3 is 10.1 Å². The molecule has 0 aromatic heterocycles. The Morgan fingerprint density at radius 2 is 1.94 bits per heavy atom. The monoisotopic (exact) mass is 221 g/mol. The molecule has 0 spiro atoms. The van der Waals surface area contributed by atoms with E-state index in [0.29, 0.717) is 6.04 Å². The fourth-order valence-corrected chi connectivity index (χ4v) is 1.76. The first-order valence-electron chi connectivity index (χ1n) is 6.07. The Morgan fingerprint density at radius 1 is 1.25 bits per heavy atom. The second-order valence-corrected chi connectivity index (χ2v) is 4.19. The van der Waals surface area contributed by atoms with Crippen molar-refractivity contribution < 1.29 is 4.74 Å². The lowest BCUT2D eigenvalue weighted by molar-refractivity contribution is 0.184. The van der Waals surface area contributed by atoms with Gasteiger partial charge in [-0.2, -0.15) is 0 Å². The van der Waals surface area contributed by atoms with E-state index in [1.54, 1.807) is 7.11 Å². The van der Waals surface area contributed by atoms with E-state index in [1.807, 2.05) is 0 Å². The van der Waals surface area contributed by atoms with Crippen molar-refractivity contribution in [3.63, 3.8) is 0 Å². The molecule has 2 nitrogen and oxygen atoms in total. The molecule has 1 N–H and O–H groups in total. The lowest BCUT2D eigenvalue weighted by Crippen LogP contribution is -2.27. The van der Waals surface area contributed by atoms with E-state index in [9.17, 15) is 0 Å². The standard InChI is InChI=1S/C14H23NO/c1-4-13-7-5-6-8-14(13)11-15-12(2)9-10-16-3/h5-8,12,15H,4,9-11H2,1-3H3. The number of hydrogen-bond donors (Lipinski definition) is 1. The van der Waals surface area contributed by atoms with Crippen LogP contribution in [0.25, 0.3) is 0 Å². The first-order valence-corrected chi connectivity index (χ1v) is 6.07. The van der Waals surface area contributed by atoms with Crippen molar-refractivity contribution in [3.8, 4) is 0 Å². The Labute approximate surface area is 99.0 Å². The summed E-state index contributed by atoms with van der Waals surface area (Å²) in [6.45, 7) is 6.18. The van der Waals surface area contributed by atoms with Gasteiger partial charge in [0.1, 0.15) is 0 Å². The van der Waals surface area contributed by atoms with Crippen LogP contribution < -0.4 is 5.32 Å². The zero-order valence-electron chi connectivity index (χ0n) is 10.6. The van der Waals surface area contributed by atoms with E-state index in [2.05, 4.69) is 43.4 Å². The molecule has 0 amide bonds. The minimum absolute atomic E-state index is 0.505. The molecule has 0 fully saturated rings. The second kappa shape index (κ2) is 7.42. The van der Waals surface area contributed by atoms with Crippen molar-refractivity contribution in [1.82, 2.24) is 5.32 Å². The number of ether oxygens (including phenoxy) is 1. The average Bonchev–Trinajstić information content (AvgIpc) is 2.34.